The lowest BCUT2D eigenvalue weighted by atomic mass is 10.0. The molecule has 38 heavy (non-hydrogen) atoms. The van der Waals surface area contributed by atoms with E-state index in [1.165, 1.54) is 42.7 Å². The van der Waals surface area contributed by atoms with E-state index in [-0.39, 0.29) is 24.3 Å². The zero-order chi connectivity index (χ0) is 27.5. The predicted molar refractivity (Wildman–Crippen MR) is 149 cm³/mol. The number of thiophene rings is 1. The van der Waals surface area contributed by atoms with Gasteiger partial charge in [-0.15, -0.1) is 11.3 Å². The van der Waals surface area contributed by atoms with Crippen LogP contribution in [-0.4, -0.2) is 46.7 Å². The number of benzene rings is 2. The molecule has 0 aliphatic carbocycles. The number of phenolic OH excluding ortho intramolecular Hbond substituents is 1. The van der Waals surface area contributed by atoms with Crippen molar-refractivity contribution >= 4 is 27.1 Å². The highest BCUT2D eigenvalue weighted by molar-refractivity contribution is 7.92. The molecule has 2 aromatic carbocycles. The van der Waals surface area contributed by atoms with Gasteiger partial charge in [0.1, 0.15) is 12.0 Å². The van der Waals surface area contributed by atoms with E-state index in [0.29, 0.717) is 5.56 Å². The number of sulfone groups is 1. The Labute approximate surface area is 224 Å². The Balaban J connectivity index is 1.52. The maximum Gasteiger partial charge on any atom is 0.255 e. The Morgan fingerprint density at radius 3 is 2.26 bits per heavy atom. The first kappa shape index (κ1) is 27.3. The molecule has 4 rings (SSSR count). The van der Waals surface area contributed by atoms with Crippen molar-refractivity contribution in [2.45, 2.75) is 24.3 Å². The molecule has 4 aromatic rings. The minimum absolute atomic E-state index is 0.000272. The van der Waals surface area contributed by atoms with E-state index >= 15 is 0 Å². The van der Waals surface area contributed by atoms with Crippen molar-refractivity contribution in [2.24, 2.45) is 0 Å². The first-order valence-electron chi connectivity index (χ1n) is 11.8. The molecule has 2 aromatic heterocycles. The monoisotopic (exact) mass is 552 g/mol. The highest BCUT2D eigenvalue weighted by Gasteiger charge is 2.39. The number of nitrogens with zero attached hydrogens (tertiary/aromatic N) is 1. The van der Waals surface area contributed by atoms with Crippen molar-refractivity contribution in [2.75, 3.05) is 12.8 Å². The first-order chi connectivity index (χ1) is 18.0. The molecule has 0 radical (unpaired) electrons. The lowest BCUT2D eigenvalue weighted by Crippen LogP contribution is -2.48. The van der Waals surface area contributed by atoms with Crippen molar-refractivity contribution in [3.05, 3.63) is 101 Å². The minimum atomic E-state index is -3.79. The summed E-state index contributed by atoms with van der Waals surface area (Å²) in [4.78, 5) is 27.4. The Morgan fingerprint density at radius 2 is 1.63 bits per heavy atom. The average Bonchev–Trinajstić information content (AvgIpc) is 3.38. The van der Waals surface area contributed by atoms with Crippen LogP contribution in [0.1, 0.15) is 29.9 Å². The number of para-hydroxylation sites is 1. The molecule has 0 bridgehead atoms. The van der Waals surface area contributed by atoms with Crippen LogP contribution >= 0.6 is 11.3 Å². The molecule has 1 amide bonds. The van der Waals surface area contributed by atoms with Gasteiger partial charge in [0, 0.05) is 41.2 Å². The Kier molecular flexibility index (Phi) is 7.86. The smallest absolute Gasteiger partial charge is 0.255 e. The maximum atomic E-state index is 12.9. The number of rotatable bonds is 9. The van der Waals surface area contributed by atoms with Crippen molar-refractivity contribution in [3.63, 3.8) is 0 Å². The van der Waals surface area contributed by atoms with E-state index in [4.69, 9.17) is 0 Å². The fourth-order valence-corrected chi connectivity index (χ4v) is 5.80. The van der Waals surface area contributed by atoms with Gasteiger partial charge in [0.25, 0.3) is 11.5 Å². The van der Waals surface area contributed by atoms with Gasteiger partial charge in [-0.05, 0) is 48.4 Å². The number of aliphatic hydroxyl groups is 1. The minimum Gasteiger partial charge on any atom is -0.507 e. The summed E-state index contributed by atoms with van der Waals surface area (Å²) < 4.78 is 24.8. The maximum absolute atomic E-state index is 12.9. The summed E-state index contributed by atoms with van der Waals surface area (Å²) in [6.07, 6.45) is 0.650. The standard InChI is InChI=1S/C28H28N2O6S2/c1-28(38(2,35)36,18-29-27(34)21-10-6-7-11-22(21)31)17-26(33)30-15-14-20(16-25(30)32)24-13-12-23(37-24)19-8-4-3-5-9-19/h3-16,26,31,33H,17-18H2,1-2H3,(H,29,34). The fourth-order valence-electron chi connectivity index (χ4n) is 4.01. The van der Waals surface area contributed by atoms with Crippen LogP contribution in [0.3, 0.4) is 0 Å². The zero-order valence-electron chi connectivity index (χ0n) is 20.9. The highest BCUT2D eigenvalue weighted by atomic mass is 32.2. The Bertz CT molecular complexity index is 1610. The molecule has 2 heterocycles. The number of carbonyl (C=O) groups excluding carboxylic acids is 1. The van der Waals surface area contributed by atoms with Crippen molar-refractivity contribution in [1.29, 1.82) is 0 Å². The van der Waals surface area contributed by atoms with E-state index in [1.54, 1.807) is 18.2 Å². The third kappa shape index (κ3) is 5.88. The van der Waals surface area contributed by atoms with Gasteiger partial charge >= 0.3 is 0 Å². The summed E-state index contributed by atoms with van der Waals surface area (Å²) >= 11 is 1.54. The van der Waals surface area contributed by atoms with Gasteiger partial charge in [0.05, 0.1) is 10.3 Å². The molecule has 198 valence electrons. The van der Waals surface area contributed by atoms with Crippen LogP contribution in [-0.2, 0) is 9.84 Å². The number of phenols is 1. The lowest BCUT2D eigenvalue weighted by Gasteiger charge is -2.30. The van der Waals surface area contributed by atoms with Crippen LogP contribution in [0, 0.1) is 0 Å². The normalized spacial score (nSPS) is 14.0. The number of carbonyl (C=O) groups is 1. The number of aromatic hydroxyl groups is 1. The van der Waals surface area contributed by atoms with Crippen LogP contribution in [0.5, 0.6) is 5.75 Å². The average molecular weight is 553 g/mol. The van der Waals surface area contributed by atoms with E-state index in [0.717, 1.165) is 26.1 Å². The zero-order valence-corrected chi connectivity index (χ0v) is 22.5. The second-order valence-corrected chi connectivity index (χ2v) is 12.9. The van der Waals surface area contributed by atoms with Gasteiger partial charge < -0.3 is 15.5 Å². The molecule has 0 spiro atoms. The fraction of sp³-hybridized carbons (Fsp3) is 0.214. The topological polar surface area (TPSA) is 126 Å². The van der Waals surface area contributed by atoms with E-state index in [9.17, 15) is 28.2 Å². The van der Waals surface area contributed by atoms with Gasteiger partial charge in [-0.25, -0.2) is 8.42 Å². The molecule has 0 aliphatic heterocycles. The Morgan fingerprint density at radius 1 is 1.00 bits per heavy atom. The number of hydrogen-bond donors (Lipinski definition) is 3. The quantitative estimate of drug-likeness (QED) is 0.288. The van der Waals surface area contributed by atoms with Gasteiger partial charge in [-0.3, -0.25) is 14.2 Å². The molecule has 0 saturated carbocycles. The number of pyridine rings is 1. The molecule has 10 heteroatoms. The predicted octanol–water partition coefficient (Wildman–Crippen LogP) is 4.06. The van der Waals surface area contributed by atoms with Gasteiger partial charge in [0.15, 0.2) is 9.84 Å². The van der Waals surface area contributed by atoms with Crippen LogP contribution in [0.4, 0.5) is 0 Å². The number of aliphatic hydroxyl groups excluding tert-OH is 1. The van der Waals surface area contributed by atoms with E-state index in [1.807, 2.05) is 42.5 Å². The van der Waals surface area contributed by atoms with Crippen molar-refractivity contribution in [1.82, 2.24) is 9.88 Å². The summed E-state index contributed by atoms with van der Waals surface area (Å²) in [5, 5.41) is 23.3. The summed E-state index contributed by atoms with van der Waals surface area (Å²) in [6, 6.07) is 22.8. The second-order valence-electron chi connectivity index (χ2n) is 9.30. The highest BCUT2D eigenvalue weighted by Crippen LogP contribution is 2.34. The van der Waals surface area contributed by atoms with E-state index < -0.39 is 32.3 Å². The van der Waals surface area contributed by atoms with Crippen molar-refractivity contribution < 1.29 is 23.4 Å². The molecule has 3 N–H and O–H groups in total. The van der Waals surface area contributed by atoms with Crippen LogP contribution in [0.2, 0.25) is 0 Å². The largest absolute Gasteiger partial charge is 0.507 e. The number of aromatic nitrogens is 1. The molecule has 2 unspecified atom stereocenters. The first-order valence-corrected chi connectivity index (χ1v) is 14.5. The number of hydrogen-bond acceptors (Lipinski definition) is 7. The molecule has 0 saturated heterocycles. The summed E-state index contributed by atoms with van der Waals surface area (Å²) in [5.74, 6) is -0.890. The van der Waals surface area contributed by atoms with Gasteiger partial charge in [-0.2, -0.15) is 0 Å². The summed E-state index contributed by atoms with van der Waals surface area (Å²) in [6.45, 7) is 1.06. The molecular formula is C28H28N2O6S2. The number of amides is 1. The number of nitrogens with one attached hydrogen (secondary N) is 1. The second kappa shape index (κ2) is 10.9. The van der Waals surface area contributed by atoms with Crippen LogP contribution in [0.15, 0.2) is 89.9 Å². The Hall–Kier alpha value is -3.73. The molecule has 8 nitrogen and oxygen atoms in total. The summed E-state index contributed by atoms with van der Waals surface area (Å²) in [7, 11) is -3.79. The third-order valence-electron chi connectivity index (χ3n) is 6.50. The summed E-state index contributed by atoms with van der Waals surface area (Å²) in [5.41, 5.74) is 1.27. The third-order valence-corrected chi connectivity index (χ3v) is 9.78. The molecule has 0 aliphatic rings. The lowest BCUT2D eigenvalue weighted by molar-refractivity contribution is 0.0767. The van der Waals surface area contributed by atoms with Crippen LogP contribution in [0.25, 0.3) is 20.9 Å². The molecule has 2 atom stereocenters. The van der Waals surface area contributed by atoms with Gasteiger partial charge in [0.2, 0.25) is 0 Å². The van der Waals surface area contributed by atoms with Crippen LogP contribution < -0.4 is 10.9 Å². The SMILES string of the molecule is CC(CNC(=O)c1ccccc1O)(CC(O)n1ccc(-c2ccc(-c3ccccc3)s2)cc1=O)S(C)(=O)=O. The van der Waals surface area contributed by atoms with E-state index in [2.05, 4.69) is 5.32 Å². The van der Waals surface area contributed by atoms with Crippen molar-refractivity contribution in [3.8, 4) is 26.6 Å². The van der Waals surface area contributed by atoms with Gasteiger partial charge in [-0.1, -0.05) is 42.5 Å². The molecule has 0 fully saturated rings. The molecular weight excluding hydrogens is 524 g/mol.